The Labute approximate surface area is 196 Å². The standard InChI is InChI=1S/C26H24BrFN2O2/c27-22-10-5-21(6-11-22)19-32-23-12-7-20(8-13-23)9-14-26(31)30-17-15-29(16-18-30)25-4-2-1-3-24(25)28/h1-14H,15-19H2/b14-9+. The van der Waals surface area contributed by atoms with E-state index in [0.717, 1.165) is 21.3 Å². The summed E-state index contributed by atoms with van der Waals surface area (Å²) in [7, 11) is 0. The maximum absolute atomic E-state index is 14.0. The Hall–Kier alpha value is -3.12. The second-order valence-corrected chi connectivity index (χ2v) is 8.50. The van der Waals surface area contributed by atoms with Crippen LogP contribution in [0.1, 0.15) is 11.1 Å². The van der Waals surface area contributed by atoms with E-state index in [2.05, 4.69) is 15.9 Å². The van der Waals surface area contributed by atoms with E-state index in [4.69, 9.17) is 4.74 Å². The Morgan fingerprint density at radius 3 is 2.31 bits per heavy atom. The molecule has 1 amide bonds. The second kappa shape index (κ2) is 10.5. The number of anilines is 1. The summed E-state index contributed by atoms with van der Waals surface area (Å²) in [5.41, 5.74) is 2.62. The summed E-state index contributed by atoms with van der Waals surface area (Å²) in [5, 5.41) is 0. The van der Waals surface area contributed by atoms with E-state index in [1.807, 2.05) is 65.6 Å². The predicted octanol–water partition coefficient (Wildman–Crippen LogP) is 5.53. The van der Waals surface area contributed by atoms with Gasteiger partial charge in [0.15, 0.2) is 0 Å². The third-order valence-corrected chi connectivity index (χ3v) is 5.93. The molecule has 4 nitrogen and oxygen atoms in total. The average Bonchev–Trinajstić information content (AvgIpc) is 2.83. The summed E-state index contributed by atoms with van der Waals surface area (Å²) < 4.78 is 20.8. The highest BCUT2D eigenvalue weighted by Crippen LogP contribution is 2.20. The van der Waals surface area contributed by atoms with Gasteiger partial charge in [-0.1, -0.05) is 52.3 Å². The molecule has 32 heavy (non-hydrogen) atoms. The van der Waals surface area contributed by atoms with Gasteiger partial charge in [-0.2, -0.15) is 0 Å². The number of rotatable bonds is 6. The number of hydrogen-bond donors (Lipinski definition) is 0. The monoisotopic (exact) mass is 494 g/mol. The van der Waals surface area contributed by atoms with Crippen molar-refractivity contribution in [3.63, 3.8) is 0 Å². The van der Waals surface area contributed by atoms with E-state index in [1.165, 1.54) is 6.07 Å². The molecule has 0 radical (unpaired) electrons. The van der Waals surface area contributed by atoms with Crippen molar-refractivity contribution >= 4 is 33.6 Å². The van der Waals surface area contributed by atoms with Crippen LogP contribution in [0.5, 0.6) is 5.75 Å². The molecule has 1 aliphatic rings. The fourth-order valence-corrected chi connectivity index (χ4v) is 3.84. The first-order chi connectivity index (χ1) is 15.6. The fourth-order valence-electron chi connectivity index (χ4n) is 3.57. The van der Waals surface area contributed by atoms with Crippen LogP contribution >= 0.6 is 15.9 Å². The maximum Gasteiger partial charge on any atom is 0.246 e. The Kier molecular flexibility index (Phi) is 7.22. The third-order valence-electron chi connectivity index (χ3n) is 5.40. The molecule has 0 N–H and O–H groups in total. The van der Waals surface area contributed by atoms with Gasteiger partial charge < -0.3 is 14.5 Å². The van der Waals surface area contributed by atoms with E-state index < -0.39 is 0 Å². The van der Waals surface area contributed by atoms with E-state index in [9.17, 15) is 9.18 Å². The van der Waals surface area contributed by atoms with Crippen LogP contribution < -0.4 is 9.64 Å². The average molecular weight is 495 g/mol. The highest BCUT2D eigenvalue weighted by molar-refractivity contribution is 9.10. The van der Waals surface area contributed by atoms with Crippen LogP contribution in [0.25, 0.3) is 6.08 Å². The molecule has 1 aliphatic heterocycles. The number of carbonyl (C=O) groups excluding carboxylic acids is 1. The number of para-hydroxylation sites is 1. The summed E-state index contributed by atoms with van der Waals surface area (Å²) in [4.78, 5) is 16.3. The lowest BCUT2D eigenvalue weighted by atomic mass is 10.2. The Balaban J connectivity index is 1.26. The van der Waals surface area contributed by atoms with Crippen LogP contribution in [0.15, 0.2) is 83.3 Å². The van der Waals surface area contributed by atoms with E-state index in [-0.39, 0.29) is 11.7 Å². The quantitative estimate of drug-likeness (QED) is 0.422. The minimum absolute atomic E-state index is 0.0336. The first-order valence-electron chi connectivity index (χ1n) is 10.5. The summed E-state index contributed by atoms with van der Waals surface area (Å²) in [6.45, 7) is 2.87. The number of carbonyl (C=O) groups is 1. The summed E-state index contributed by atoms with van der Waals surface area (Å²) >= 11 is 3.42. The highest BCUT2D eigenvalue weighted by atomic mass is 79.9. The lowest BCUT2D eigenvalue weighted by Crippen LogP contribution is -2.48. The van der Waals surface area contributed by atoms with Crippen molar-refractivity contribution in [2.45, 2.75) is 6.61 Å². The van der Waals surface area contributed by atoms with Crippen LogP contribution in [-0.4, -0.2) is 37.0 Å². The SMILES string of the molecule is O=C(/C=C/c1ccc(OCc2ccc(Br)cc2)cc1)N1CCN(c2ccccc2F)CC1. The van der Waals surface area contributed by atoms with Gasteiger partial charge in [-0.15, -0.1) is 0 Å². The smallest absolute Gasteiger partial charge is 0.246 e. The molecule has 0 bridgehead atoms. The minimum atomic E-state index is -0.226. The van der Waals surface area contributed by atoms with Gasteiger partial charge in [0, 0.05) is 36.7 Å². The zero-order valence-electron chi connectivity index (χ0n) is 17.6. The van der Waals surface area contributed by atoms with Gasteiger partial charge in [-0.3, -0.25) is 4.79 Å². The zero-order valence-corrected chi connectivity index (χ0v) is 19.2. The number of piperazine rings is 1. The van der Waals surface area contributed by atoms with Gasteiger partial charge >= 0.3 is 0 Å². The molecule has 4 rings (SSSR count). The zero-order chi connectivity index (χ0) is 22.3. The van der Waals surface area contributed by atoms with Gasteiger partial charge in [0.2, 0.25) is 5.91 Å². The van der Waals surface area contributed by atoms with Crippen molar-refractivity contribution < 1.29 is 13.9 Å². The predicted molar refractivity (Wildman–Crippen MR) is 129 cm³/mol. The van der Waals surface area contributed by atoms with E-state index in [1.54, 1.807) is 23.1 Å². The van der Waals surface area contributed by atoms with Gasteiger partial charge in [-0.05, 0) is 53.6 Å². The van der Waals surface area contributed by atoms with Gasteiger partial charge in [0.1, 0.15) is 18.2 Å². The van der Waals surface area contributed by atoms with Gasteiger partial charge in [-0.25, -0.2) is 4.39 Å². The molecular formula is C26H24BrFN2O2. The minimum Gasteiger partial charge on any atom is -0.489 e. The Morgan fingerprint density at radius 2 is 1.62 bits per heavy atom. The van der Waals surface area contributed by atoms with Crippen LogP contribution in [0.3, 0.4) is 0 Å². The molecule has 6 heteroatoms. The van der Waals surface area contributed by atoms with Crippen LogP contribution in [0.4, 0.5) is 10.1 Å². The normalized spacial score (nSPS) is 14.1. The molecule has 164 valence electrons. The van der Waals surface area contributed by atoms with Crippen molar-refractivity contribution in [3.8, 4) is 5.75 Å². The van der Waals surface area contributed by atoms with Crippen LogP contribution in [0.2, 0.25) is 0 Å². The van der Waals surface area contributed by atoms with Crippen LogP contribution in [-0.2, 0) is 11.4 Å². The molecule has 1 heterocycles. The molecule has 1 saturated heterocycles. The van der Waals surface area contributed by atoms with Crippen molar-refractivity contribution in [3.05, 3.63) is 100 Å². The van der Waals surface area contributed by atoms with Crippen molar-refractivity contribution in [2.75, 3.05) is 31.1 Å². The fraction of sp³-hybridized carbons (Fsp3) is 0.192. The number of benzene rings is 3. The summed E-state index contributed by atoms with van der Waals surface area (Å²) in [6.07, 6.45) is 3.40. The van der Waals surface area contributed by atoms with Crippen molar-refractivity contribution in [1.29, 1.82) is 0 Å². The second-order valence-electron chi connectivity index (χ2n) is 7.58. The molecule has 0 aromatic heterocycles. The molecule has 0 spiro atoms. The molecule has 0 atom stereocenters. The number of nitrogens with zero attached hydrogens (tertiary/aromatic N) is 2. The Bertz CT molecular complexity index is 1080. The largest absolute Gasteiger partial charge is 0.489 e. The molecule has 0 unspecified atom stereocenters. The molecule has 1 fully saturated rings. The lowest BCUT2D eigenvalue weighted by molar-refractivity contribution is -0.126. The first-order valence-corrected chi connectivity index (χ1v) is 11.3. The number of ether oxygens (including phenoxy) is 1. The Morgan fingerprint density at radius 1 is 0.938 bits per heavy atom. The van der Waals surface area contributed by atoms with E-state index in [0.29, 0.717) is 38.5 Å². The molecule has 3 aromatic carbocycles. The van der Waals surface area contributed by atoms with Gasteiger partial charge in [0.25, 0.3) is 0 Å². The molecule has 0 aliphatic carbocycles. The third kappa shape index (κ3) is 5.77. The lowest BCUT2D eigenvalue weighted by Gasteiger charge is -2.35. The number of halogens is 2. The van der Waals surface area contributed by atoms with E-state index >= 15 is 0 Å². The molecule has 0 saturated carbocycles. The number of hydrogen-bond acceptors (Lipinski definition) is 3. The van der Waals surface area contributed by atoms with Gasteiger partial charge in [0.05, 0.1) is 5.69 Å². The topological polar surface area (TPSA) is 32.8 Å². The number of amides is 1. The highest BCUT2D eigenvalue weighted by Gasteiger charge is 2.21. The van der Waals surface area contributed by atoms with Crippen molar-refractivity contribution in [2.24, 2.45) is 0 Å². The van der Waals surface area contributed by atoms with Crippen LogP contribution in [0, 0.1) is 5.82 Å². The summed E-state index contributed by atoms with van der Waals surface area (Å²) in [5.74, 6) is 0.519. The summed E-state index contributed by atoms with van der Waals surface area (Å²) in [6, 6.07) is 22.4. The maximum atomic E-state index is 14.0. The molecule has 3 aromatic rings. The first kappa shape index (κ1) is 22.1. The molecular weight excluding hydrogens is 471 g/mol. The van der Waals surface area contributed by atoms with Crippen molar-refractivity contribution in [1.82, 2.24) is 4.90 Å².